The smallest absolute Gasteiger partial charge is 0.225 e. The number of rotatable bonds is 6. The number of hydrogen-bond donors (Lipinski definition) is 0. The van der Waals surface area contributed by atoms with Crippen LogP contribution in [0.5, 0.6) is 11.5 Å². The van der Waals surface area contributed by atoms with Crippen LogP contribution in [-0.4, -0.2) is 29.0 Å². The van der Waals surface area contributed by atoms with Crippen molar-refractivity contribution < 1.29 is 9.47 Å². The van der Waals surface area contributed by atoms with Gasteiger partial charge < -0.3 is 14.0 Å². The minimum Gasteiger partial charge on any atom is -0.493 e. The van der Waals surface area contributed by atoms with Crippen molar-refractivity contribution in [2.24, 2.45) is 0 Å². The second-order valence-corrected chi connectivity index (χ2v) is 4.67. The minimum absolute atomic E-state index is 0.433. The van der Waals surface area contributed by atoms with E-state index in [1.807, 2.05) is 29.7 Å². The molecule has 0 radical (unpaired) electrons. The van der Waals surface area contributed by atoms with Crippen molar-refractivity contribution in [2.45, 2.75) is 26.3 Å². The van der Waals surface area contributed by atoms with Gasteiger partial charge in [0, 0.05) is 13.0 Å². The summed E-state index contributed by atoms with van der Waals surface area (Å²) in [6.07, 6.45) is 1.64. The number of benzene rings is 1. The van der Waals surface area contributed by atoms with Gasteiger partial charge in [0.25, 0.3) is 0 Å². The minimum atomic E-state index is 0.433. The first kappa shape index (κ1) is 14.7. The lowest BCUT2D eigenvalue weighted by Gasteiger charge is -2.10. The maximum absolute atomic E-state index is 6.04. The molecule has 6 heteroatoms. The van der Waals surface area contributed by atoms with Crippen molar-refractivity contribution in [2.75, 3.05) is 14.2 Å². The molecule has 0 amide bonds. The van der Waals surface area contributed by atoms with Crippen LogP contribution in [0.2, 0.25) is 5.28 Å². The molecule has 108 valence electrons. The molecular weight excluding hydrogens is 278 g/mol. The van der Waals surface area contributed by atoms with Crippen molar-refractivity contribution in [3.8, 4) is 11.5 Å². The third-order valence-electron chi connectivity index (χ3n) is 3.17. The van der Waals surface area contributed by atoms with E-state index in [2.05, 4.69) is 10.2 Å². The molecule has 0 N–H and O–H groups in total. The Morgan fingerprint density at radius 3 is 2.55 bits per heavy atom. The Morgan fingerprint density at radius 1 is 1.15 bits per heavy atom. The zero-order chi connectivity index (χ0) is 14.5. The van der Waals surface area contributed by atoms with Crippen molar-refractivity contribution >= 4 is 11.6 Å². The van der Waals surface area contributed by atoms with Crippen molar-refractivity contribution in [1.82, 2.24) is 14.8 Å². The second-order valence-electron chi connectivity index (χ2n) is 4.33. The maximum Gasteiger partial charge on any atom is 0.225 e. The van der Waals surface area contributed by atoms with Gasteiger partial charge in [-0.15, -0.1) is 10.2 Å². The lowest BCUT2D eigenvalue weighted by atomic mass is 10.1. The number of ether oxygens (including phenoxy) is 2. The molecule has 0 saturated carbocycles. The monoisotopic (exact) mass is 295 g/mol. The maximum atomic E-state index is 6.04. The predicted molar refractivity (Wildman–Crippen MR) is 77.7 cm³/mol. The standard InChI is InChI=1S/C14H18ClN3O2/c1-4-13-16-17-14(15)18(13)8-7-10-5-6-11(19-2)12(9-10)20-3/h5-6,9H,4,7-8H2,1-3H3. The van der Waals surface area contributed by atoms with Gasteiger partial charge in [0.1, 0.15) is 5.82 Å². The molecule has 1 heterocycles. The summed E-state index contributed by atoms with van der Waals surface area (Å²) in [6, 6.07) is 5.90. The topological polar surface area (TPSA) is 49.2 Å². The summed E-state index contributed by atoms with van der Waals surface area (Å²) in [7, 11) is 3.26. The molecule has 0 aliphatic carbocycles. The third-order valence-corrected chi connectivity index (χ3v) is 3.45. The van der Waals surface area contributed by atoms with Gasteiger partial charge in [-0.05, 0) is 35.7 Å². The Balaban J connectivity index is 2.12. The summed E-state index contributed by atoms with van der Waals surface area (Å²) < 4.78 is 12.5. The largest absolute Gasteiger partial charge is 0.493 e. The van der Waals surface area contributed by atoms with E-state index in [4.69, 9.17) is 21.1 Å². The average Bonchev–Trinajstić information content (AvgIpc) is 2.85. The summed E-state index contributed by atoms with van der Waals surface area (Å²) in [4.78, 5) is 0. The van der Waals surface area contributed by atoms with E-state index in [0.29, 0.717) is 5.28 Å². The van der Waals surface area contributed by atoms with Gasteiger partial charge in [-0.1, -0.05) is 13.0 Å². The SMILES string of the molecule is CCc1nnc(Cl)n1CCc1ccc(OC)c(OC)c1. The Morgan fingerprint density at radius 2 is 1.90 bits per heavy atom. The molecule has 0 spiro atoms. The molecule has 20 heavy (non-hydrogen) atoms. The van der Waals surface area contributed by atoms with E-state index >= 15 is 0 Å². The molecule has 0 fully saturated rings. The molecule has 5 nitrogen and oxygen atoms in total. The molecule has 0 unspecified atom stereocenters. The van der Waals surface area contributed by atoms with Crippen LogP contribution in [-0.2, 0) is 19.4 Å². The Hall–Kier alpha value is -1.75. The number of aryl methyl sites for hydroxylation is 2. The molecule has 1 aromatic carbocycles. The first-order valence-corrected chi connectivity index (χ1v) is 6.85. The fourth-order valence-corrected chi connectivity index (χ4v) is 2.29. The van der Waals surface area contributed by atoms with E-state index in [9.17, 15) is 0 Å². The summed E-state index contributed by atoms with van der Waals surface area (Å²) in [5, 5.41) is 8.37. The highest BCUT2D eigenvalue weighted by Gasteiger charge is 2.09. The van der Waals surface area contributed by atoms with E-state index in [1.54, 1.807) is 14.2 Å². The second kappa shape index (κ2) is 6.61. The highest BCUT2D eigenvalue weighted by Crippen LogP contribution is 2.28. The van der Waals surface area contributed by atoms with Gasteiger partial charge in [0.05, 0.1) is 14.2 Å². The Bertz CT molecular complexity index is 584. The summed E-state index contributed by atoms with van der Waals surface area (Å²) in [5.41, 5.74) is 1.15. The average molecular weight is 296 g/mol. The normalized spacial score (nSPS) is 10.6. The van der Waals surface area contributed by atoms with E-state index < -0.39 is 0 Å². The van der Waals surface area contributed by atoms with Gasteiger partial charge >= 0.3 is 0 Å². The van der Waals surface area contributed by atoms with Gasteiger partial charge in [0.2, 0.25) is 5.28 Å². The number of aromatic nitrogens is 3. The first-order valence-electron chi connectivity index (χ1n) is 6.48. The summed E-state index contributed by atoms with van der Waals surface area (Å²) in [6.45, 7) is 2.78. The van der Waals surface area contributed by atoms with Crippen LogP contribution in [0, 0.1) is 0 Å². The fourth-order valence-electron chi connectivity index (χ4n) is 2.07. The molecule has 1 aromatic heterocycles. The van der Waals surface area contributed by atoms with E-state index in [1.165, 1.54) is 0 Å². The molecule has 0 aliphatic rings. The lowest BCUT2D eigenvalue weighted by molar-refractivity contribution is 0.354. The molecule has 2 aromatic rings. The fraction of sp³-hybridized carbons (Fsp3) is 0.429. The molecule has 0 bridgehead atoms. The quantitative estimate of drug-likeness (QED) is 0.822. The summed E-state index contributed by atoms with van der Waals surface area (Å²) >= 11 is 6.04. The van der Waals surface area contributed by atoms with Crippen LogP contribution in [0.3, 0.4) is 0 Å². The Kier molecular flexibility index (Phi) is 4.84. The predicted octanol–water partition coefficient (Wildman–Crippen LogP) is 2.75. The lowest BCUT2D eigenvalue weighted by Crippen LogP contribution is -2.06. The Labute approximate surface area is 123 Å². The first-order chi connectivity index (χ1) is 9.69. The highest BCUT2D eigenvalue weighted by atomic mass is 35.5. The molecule has 0 aliphatic heterocycles. The van der Waals surface area contributed by atoms with E-state index in [0.717, 1.165) is 42.3 Å². The van der Waals surface area contributed by atoms with Crippen molar-refractivity contribution in [1.29, 1.82) is 0 Å². The third kappa shape index (κ3) is 3.04. The molecule has 0 saturated heterocycles. The molecular formula is C14H18ClN3O2. The van der Waals surface area contributed by atoms with Crippen LogP contribution >= 0.6 is 11.6 Å². The zero-order valence-corrected chi connectivity index (χ0v) is 12.6. The van der Waals surface area contributed by atoms with Crippen molar-refractivity contribution in [3.63, 3.8) is 0 Å². The van der Waals surface area contributed by atoms with Gasteiger partial charge in [-0.25, -0.2) is 0 Å². The number of hydrogen-bond acceptors (Lipinski definition) is 4. The number of nitrogens with zero attached hydrogens (tertiary/aromatic N) is 3. The van der Waals surface area contributed by atoms with Crippen LogP contribution in [0.4, 0.5) is 0 Å². The van der Waals surface area contributed by atoms with E-state index in [-0.39, 0.29) is 0 Å². The van der Waals surface area contributed by atoms with Gasteiger partial charge in [-0.2, -0.15) is 0 Å². The van der Waals surface area contributed by atoms with Crippen LogP contribution in [0.15, 0.2) is 18.2 Å². The van der Waals surface area contributed by atoms with Gasteiger partial charge in [0.15, 0.2) is 11.5 Å². The van der Waals surface area contributed by atoms with Crippen LogP contribution < -0.4 is 9.47 Å². The van der Waals surface area contributed by atoms with Crippen molar-refractivity contribution in [3.05, 3.63) is 34.9 Å². The number of halogens is 1. The van der Waals surface area contributed by atoms with Gasteiger partial charge in [-0.3, -0.25) is 0 Å². The number of methoxy groups -OCH3 is 2. The highest BCUT2D eigenvalue weighted by molar-refractivity contribution is 6.28. The van der Waals surface area contributed by atoms with Crippen LogP contribution in [0.1, 0.15) is 18.3 Å². The summed E-state index contributed by atoms with van der Waals surface area (Å²) in [5.74, 6) is 2.36. The van der Waals surface area contributed by atoms with Crippen LogP contribution in [0.25, 0.3) is 0 Å². The molecule has 2 rings (SSSR count). The molecule has 0 atom stereocenters. The zero-order valence-electron chi connectivity index (χ0n) is 11.9.